The van der Waals surface area contributed by atoms with Crippen LogP contribution in [0.3, 0.4) is 0 Å². The van der Waals surface area contributed by atoms with Crippen molar-refractivity contribution in [2.75, 3.05) is 39.6 Å². The molecule has 3 N–H and O–H groups in total. The number of ether oxygens (including phenoxy) is 4. The Morgan fingerprint density at radius 2 is 0.505 bits per heavy atom. The predicted octanol–water partition coefficient (Wildman–Crippen LogP) is 24.7. The quantitative estimate of drug-likeness (QED) is 0.0222. The van der Waals surface area contributed by atoms with Crippen LogP contribution in [0.4, 0.5) is 0 Å². The molecule has 0 aromatic carbocycles. The van der Waals surface area contributed by atoms with Crippen LogP contribution in [-0.4, -0.2) is 96.7 Å². The second-order valence-corrected chi connectivity index (χ2v) is 33.1. The molecule has 0 fully saturated rings. The molecule has 0 amide bonds. The highest BCUT2D eigenvalue weighted by Gasteiger charge is 2.30. The SMILES string of the molecule is CCCCCCCCCCCCCCCCCCCCCCCC(=O)O[C@H](COC(=O)CCCCCCCCCCCCCCCCCC)COP(=O)(O)OC[C@@H](O)COP(=O)(O)OC[C@@H](COC(=O)CCCCCCCCCC(C)C)OC(=O)CCCCCCCCCCCCC(C)CC. The van der Waals surface area contributed by atoms with E-state index in [0.717, 1.165) is 102 Å². The number of rotatable bonds is 81. The zero-order valence-electron chi connectivity index (χ0n) is 66.2. The van der Waals surface area contributed by atoms with Crippen LogP contribution in [-0.2, 0) is 65.4 Å². The third kappa shape index (κ3) is 74.7. The van der Waals surface area contributed by atoms with Crippen LogP contribution in [0.25, 0.3) is 0 Å². The summed E-state index contributed by atoms with van der Waals surface area (Å²) in [6, 6.07) is 0. The Labute approximate surface area is 619 Å². The summed E-state index contributed by atoms with van der Waals surface area (Å²) in [5.74, 6) is -0.601. The largest absolute Gasteiger partial charge is 0.472 e. The van der Waals surface area contributed by atoms with Crippen molar-refractivity contribution in [3.63, 3.8) is 0 Å². The molecule has 0 aliphatic rings. The molecular weight excluding hydrogens is 1320 g/mol. The van der Waals surface area contributed by atoms with Crippen molar-refractivity contribution >= 4 is 39.5 Å². The second-order valence-electron chi connectivity index (χ2n) is 30.2. The number of phosphoric ester groups is 2. The molecule has 0 saturated heterocycles. The monoisotopic (exact) mass is 1480 g/mol. The summed E-state index contributed by atoms with van der Waals surface area (Å²) in [7, 11) is -9.92. The maximum Gasteiger partial charge on any atom is 0.472 e. The summed E-state index contributed by atoms with van der Waals surface area (Å²) < 4.78 is 68.7. The van der Waals surface area contributed by atoms with Gasteiger partial charge in [-0.1, -0.05) is 382 Å². The standard InChI is InChI=1S/C82H160O17P2/c1-7-10-12-14-16-18-20-22-24-26-27-28-29-30-32-34-36-41-47-54-60-66-81(86)98-77(70-92-79(84)64-58-52-46-40-35-33-31-25-23-21-19-17-15-13-11-8-2)72-96-100(88,89)94-68-76(83)69-95-101(90,91)97-73-78(71-93-80(85)65-59-53-49-43-44-50-56-62-74(4)5)99-82(87)67-61-55-48-42-38-37-39-45-51-57-63-75(6)9-3/h74-78,83H,7-73H2,1-6H3,(H,88,89)(H,90,91)/t75?,76-,77-,78-/m1/s1. The third-order valence-corrected chi connectivity index (χ3v) is 21.5. The Morgan fingerprint density at radius 1 is 0.287 bits per heavy atom. The highest BCUT2D eigenvalue weighted by molar-refractivity contribution is 7.47. The van der Waals surface area contributed by atoms with Crippen molar-refractivity contribution in [2.24, 2.45) is 11.8 Å². The van der Waals surface area contributed by atoms with Gasteiger partial charge in [0.25, 0.3) is 0 Å². The zero-order valence-corrected chi connectivity index (χ0v) is 68.0. The van der Waals surface area contributed by atoms with Crippen molar-refractivity contribution < 1.29 is 80.2 Å². The van der Waals surface area contributed by atoms with Crippen molar-refractivity contribution in [3.8, 4) is 0 Å². The Kier molecular flexibility index (Phi) is 72.2. The van der Waals surface area contributed by atoms with Gasteiger partial charge in [-0.05, 0) is 37.5 Å². The molecule has 0 rings (SSSR count). The van der Waals surface area contributed by atoms with Gasteiger partial charge in [0, 0.05) is 25.7 Å². The molecule has 0 aliphatic carbocycles. The number of aliphatic hydroxyl groups is 1. The molecule has 3 unspecified atom stereocenters. The fraction of sp³-hybridized carbons (Fsp3) is 0.951. The summed E-state index contributed by atoms with van der Waals surface area (Å²) in [5.41, 5.74) is 0. The van der Waals surface area contributed by atoms with Gasteiger partial charge in [0.1, 0.15) is 19.3 Å². The van der Waals surface area contributed by atoms with Crippen molar-refractivity contribution in [2.45, 2.75) is 452 Å². The van der Waals surface area contributed by atoms with Crippen LogP contribution in [0.1, 0.15) is 433 Å². The lowest BCUT2D eigenvalue weighted by molar-refractivity contribution is -0.161. The molecule has 6 atom stereocenters. The van der Waals surface area contributed by atoms with E-state index >= 15 is 0 Å². The minimum absolute atomic E-state index is 0.106. The summed E-state index contributed by atoms with van der Waals surface area (Å²) in [6.07, 6.45) is 63.9. The molecule has 0 aromatic heterocycles. The van der Waals surface area contributed by atoms with Gasteiger partial charge in [0.15, 0.2) is 12.2 Å². The van der Waals surface area contributed by atoms with E-state index in [1.807, 2.05) is 0 Å². The number of phosphoric acid groups is 2. The molecule has 0 bridgehead atoms. The van der Waals surface area contributed by atoms with Gasteiger partial charge in [-0.3, -0.25) is 37.3 Å². The minimum Gasteiger partial charge on any atom is -0.462 e. The molecule has 101 heavy (non-hydrogen) atoms. The smallest absolute Gasteiger partial charge is 0.462 e. The lowest BCUT2D eigenvalue weighted by atomic mass is 9.99. The lowest BCUT2D eigenvalue weighted by Gasteiger charge is -2.21. The van der Waals surface area contributed by atoms with Gasteiger partial charge in [-0.15, -0.1) is 0 Å². The molecule has 0 heterocycles. The number of unbranched alkanes of at least 4 members (excludes halogenated alkanes) is 50. The van der Waals surface area contributed by atoms with Gasteiger partial charge < -0.3 is 33.8 Å². The van der Waals surface area contributed by atoms with E-state index in [0.29, 0.717) is 31.6 Å². The Balaban J connectivity index is 5.23. The van der Waals surface area contributed by atoms with E-state index in [9.17, 15) is 43.2 Å². The van der Waals surface area contributed by atoms with E-state index in [-0.39, 0.29) is 25.7 Å². The number of esters is 4. The number of aliphatic hydroxyl groups excluding tert-OH is 1. The van der Waals surface area contributed by atoms with Gasteiger partial charge >= 0.3 is 39.5 Å². The molecular formula is C82H160O17P2. The average molecular weight is 1480 g/mol. The van der Waals surface area contributed by atoms with Crippen molar-refractivity contribution in [3.05, 3.63) is 0 Å². The normalized spacial score (nSPS) is 14.2. The summed E-state index contributed by atoms with van der Waals surface area (Å²) in [4.78, 5) is 73.0. The second kappa shape index (κ2) is 73.6. The van der Waals surface area contributed by atoms with E-state index in [1.54, 1.807) is 0 Å². The first-order chi connectivity index (χ1) is 48.9. The van der Waals surface area contributed by atoms with E-state index in [2.05, 4.69) is 41.5 Å². The number of carbonyl (C=O) groups is 4. The number of hydrogen-bond donors (Lipinski definition) is 3. The van der Waals surface area contributed by atoms with Crippen LogP contribution in [0.2, 0.25) is 0 Å². The van der Waals surface area contributed by atoms with E-state index in [1.165, 1.54) is 244 Å². The molecule has 0 aliphatic heterocycles. The maximum absolute atomic E-state index is 13.1. The molecule has 0 saturated carbocycles. The van der Waals surface area contributed by atoms with Crippen LogP contribution in [0, 0.1) is 11.8 Å². The van der Waals surface area contributed by atoms with Gasteiger partial charge in [-0.2, -0.15) is 0 Å². The molecule has 0 radical (unpaired) electrons. The van der Waals surface area contributed by atoms with Crippen LogP contribution < -0.4 is 0 Å². The minimum atomic E-state index is -4.96. The molecule has 0 spiro atoms. The topological polar surface area (TPSA) is 237 Å². The van der Waals surface area contributed by atoms with Crippen LogP contribution in [0.5, 0.6) is 0 Å². The van der Waals surface area contributed by atoms with Crippen molar-refractivity contribution in [1.82, 2.24) is 0 Å². The Bertz CT molecular complexity index is 1940. The zero-order chi connectivity index (χ0) is 74.2. The molecule has 17 nitrogen and oxygen atoms in total. The number of hydrogen-bond acceptors (Lipinski definition) is 15. The lowest BCUT2D eigenvalue weighted by Crippen LogP contribution is -2.30. The van der Waals surface area contributed by atoms with E-state index < -0.39 is 97.5 Å². The molecule has 19 heteroatoms. The Morgan fingerprint density at radius 3 is 0.752 bits per heavy atom. The highest BCUT2D eigenvalue weighted by atomic mass is 31.2. The highest BCUT2D eigenvalue weighted by Crippen LogP contribution is 2.45. The van der Waals surface area contributed by atoms with Crippen LogP contribution in [0.15, 0.2) is 0 Å². The first-order valence-electron chi connectivity index (χ1n) is 42.5. The summed E-state index contributed by atoms with van der Waals surface area (Å²) >= 11 is 0. The van der Waals surface area contributed by atoms with E-state index in [4.69, 9.17) is 37.0 Å². The fourth-order valence-corrected chi connectivity index (χ4v) is 14.3. The average Bonchev–Trinajstić information content (AvgIpc) is 1.01. The predicted molar refractivity (Wildman–Crippen MR) is 414 cm³/mol. The summed E-state index contributed by atoms with van der Waals surface area (Å²) in [5, 5.41) is 10.6. The molecule has 0 aromatic rings. The van der Waals surface area contributed by atoms with Gasteiger partial charge in [0.05, 0.1) is 26.4 Å². The number of carbonyl (C=O) groups excluding carboxylic acids is 4. The van der Waals surface area contributed by atoms with Gasteiger partial charge in [-0.25, -0.2) is 9.13 Å². The van der Waals surface area contributed by atoms with Crippen LogP contribution >= 0.6 is 15.6 Å². The van der Waals surface area contributed by atoms with Crippen molar-refractivity contribution in [1.29, 1.82) is 0 Å². The first kappa shape index (κ1) is 99.1. The third-order valence-electron chi connectivity index (χ3n) is 19.6. The first-order valence-corrected chi connectivity index (χ1v) is 45.5. The Hall–Kier alpha value is -1.94. The maximum atomic E-state index is 13.1. The fourth-order valence-electron chi connectivity index (χ4n) is 12.7. The molecule has 600 valence electrons. The van der Waals surface area contributed by atoms with Gasteiger partial charge in [0.2, 0.25) is 0 Å². The summed E-state index contributed by atoms with van der Waals surface area (Å²) in [6.45, 7) is 9.61.